The van der Waals surface area contributed by atoms with Crippen molar-refractivity contribution in [2.24, 2.45) is 5.92 Å². The molecule has 0 heterocycles. The SMILES string of the molecule is O=C(NCCc1cccc(F)c1)C1CC1. The Morgan fingerprint density at radius 2 is 2.27 bits per heavy atom. The summed E-state index contributed by atoms with van der Waals surface area (Å²) in [6, 6.07) is 6.48. The molecule has 1 aliphatic carbocycles. The Morgan fingerprint density at radius 1 is 1.47 bits per heavy atom. The molecule has 1 aliphatic rings. The van der Waals surface area contributed by atoms with Crippen LogP contribution >= 0.6 is 0 Å². The molecule has 1 N–H and O–H groups in total. The summed E-state index contributed by atoms with van der Waals surface area (Å²) in [6.07, 6.45) is 2.73. The zero-order valence-corrected chi connectivity index (χ0v) is 8.50. The molecule has 0 aliphatic heterocycles. The predicted molar refractivity (Wildman–Crippen MR) is 55.8 cm³/mol. The number of hydrogen-bond acceptors (Lipinski definition) is 1. The van der Waals surface area contributed by atoms with Crippen LogP contribution in [0, 0.1) is 11.7 Å². The topological polar surface area (TPSA) is 29.1 Å². The maximum atomic E-state index is 12.8. The summed E-state index contributed by atoms with van der Waals surface area (Å²) in [6.45, 7) is 0.596. The highest BCUT2D eigenvalue weighted by atomic mass is 19.1. The molecule has 1 saturated carbocycles. The summed E-state index contributed by atoms with van der Waals surface area (Å²) >= 11 is 0. The second-order valence-electron chi connectivity index (χ2n) is 3.95. The molecule has 1 fully saturated rings. The molecule has 1 amide bonds. The van der Waals surface area contributed by atoms with E-state index >= 15 is 0 Å². The molecule has 0 radical (unpaired) electrons. The highest BCUT2D eigenvalue weighted by Gasteiger charge is 2.28. The van der Waals surface area contributed by atoms with Gasteiger partial charge in [0, 0.05) is 12.5 Å². The first-order chi connectivity index (χ1) is 7.25. The van der Waals surface area contributed by atoms with Crippen molar-refractivity contribution in [2.45, 2.75) is 19.3 Å². The normalized spacial score (nSPS) is 15.0. The molecule has 0 bridgehead atoms. The summed E-state index contributed by atoms with van der Waals surface area (Å²) in [7, 11) is 0. The summed E-state index contributed by atoms with van der Waals surface area (Å²) in [5.41, 5.74) is 0.922. The number of carbonyl (C=O) groups is 1. The van der Waals surface area contributed by atoms with Crippen molar-refractivity contribution in [3.05, 3.63) is 35.6 Å². The zero-order chi connectivity index (χ0) is 10.7. The second-order valence-corrected chi connectivity index (χ2v) is 3.95. The monoisotopic (exact) mass is 207 g/mol. The van der Waals surface area contributed by atoms with E-state index < -0.39 is 0 Å². The van der Waals surface area contributed by atoms with Gasteiger partial charge < -0.3 is 5.32 Å². The Balaban J connectivity index is 1.75. The standard InChI is InChI=1S/C12H14FNO/c13-11-3-1-2-9(8-11)6-7-14-12(15)10-4-5-10/h1-3,8,10H,4-7H2,(H,14,15). The molecule has 0 saturated heterocycles. The van der Waals surface area contributed by atoms with Gasteiger partial charge in [-0.1, -0.05) is 12.1 Å². The van der Waals surface area contributed by atoms with E-state index in [-0.39, 0.29) is 17.6 Å². The van der Waals surface area contributed by atoms with Crippen LogP contribution in [0.5, 0.6) is 0 Å². The largest absolute Gasteiger partial charge is 0.356 e. The van der Waals surface area contributed by atoms with Gasteiger partial charge in [-0.15, -0.1) is 0 Å². The minimum Gasteiger partial charge on any atom is -0.356 e. The average Bonchev–Trinajstić information content (AvgIpc) is 3.00. The predicted octanol–water partition coefficient (Wildman–Crippen LogP) is 1.89. The second kappa shape index (κ2) is 4.43. The number of carbonyl (C=O) groups excluding carboxylic acids is 1. The molecule has 3 heteroatoms. The number of halogens is 1. The van der Waals surface area contributed by atoms with Crippen molar-refractivity contribution in [1.29, 1.82) is 0 Å². The first kappa shape index (κ1) is 10.1. The lowest BCUT2D eigenvalue weighted by Crippen LogP contribution is -2.26. The maximum Gasteiger partial charge on any atom is 0.223 e. The van der Waals surface area contributed by atoms with Crippen LogP contribution in [0.1, 0.15) is 18.4 Å². The molecule has 1 aromatic rings. The van der Waals surface area contributed by atoms with Crippen LogP contribution in [0.25, 0.3) is 0 Å². The van der Waals surface area contributed by atoms with Gasteiger partial charge in [0.05, 0.1) is 0 Å². The molecular weight excluding hydrogens is 193 g/mol. The lowest BCUT2D eigenvalue weighted by atomic mass is 10.1. The van der Waals surface area contributed by atoms with E-state index in [9.17, 15) is 9.18 Å². The van der Waals surface area contributed by atoms with Crippen LogP contribution in [0.15, 0.2) is 24.3 Å². The number of benzene rings is 1. The molecule has 0 spiro atoms. The third kappa shape index (κ3) is 3.05. The first-order valence-electron chi connectivity index (χ1n) is 5.28. The van der Waals surface area contributed by atoms with Crippen LogP contribution in [-0.4, -0.2) is 12.5 Å². The van der Waals surface area contributed by atoms with Gasteiger partial charge in [0.15, 0.2) is 0 Å². The van der Waals surface area contributed by atoms with Crippen LogP contribution in [0.2, 0.25) is 0 Å². The van der Waals surface area contributed by atoms with E-state index in [1.165, 1.54) is 12.1 Å². The third-order valence-electron chi connectivity index (χ3n) is 2.55. The molecule has 80 valence electrons. The summed E-state index contributed by atoms with van der Waals surface area (Å²) in [5.74, 6) is 0.171. The molecule has 0 atom stereocenters. The smallest absolute Gasteiger partial charge is 0.223 e. The van der Waals surface area contributed by atoms with Crippen molar-refractivity contribution < 1.29 is 9.18 Å². The third-order valence-corrected chi connectivity index (χ3v) is 2.55. The Labute approximate surface area is 88.5 Å². The number of nitrogens with one attached hydrogen (secondary N) is 1. The molecule has 1 aromatic carbocycles. The Kier molecular flexibility index (Phi) is 2.99. The van der Waals surface area contributed by atoms with Crippen molar-refractivity contribution in [2.75, 3.05) is 6.54 Å². The van der Waals surface area contributed by atoms with Gasteiger partial charge >= 0.3 is 0 Å². The van der Waals surface area contributed by atoms with E-state index in [4.69, 9.17) is 0 Å². The van der Waals surface area contributed by atoms with E-state index in [2.05, 4.69) is 5.32 Å². The van der Waals surface area contributed by atoms with Crippen molar-refractivity contribution in [3.8, 4) is 0 Å². The molecule has 15 heavy (non-hydrogen) atoms. The van der Waals surface area contributed by atoms with Crippen molar-refractivity contribution in [1.82, 2.24) is 5.32 Å². The first-order valence-corrected chi connectivity index (χ1v) is 5.28. The molecule has 2 rings (SSSR count). The number of amides is 1. The van der Waals surface area contributed by atoms with E-state index in [1.54, 1.807) is 6.07 Å². The molecule has 2 nitrogen and oxygen atoms in total. The van der Waals surface area contributed by atoms with Gasteiger partial charge in [-0.3, -0.25) is 4.79 Å². The van der Waals surface area contributed by atoms with Gasteiger partial charge in [-0.25, -0.2) is 4.39 Å². The minimum absolute atomic E-state index is 0.145. The fourth-order valence-electron chi connectivity index (χ4n) is 1.51. The minimum atomic E-state index is -0.221. The molecular formula is C12H14FNO. The maximum absolute atomic E-state index is 12.8. The zero-order valence-electron chi connectivity index (χ0n) is 8.50. The van der Waals surface area contributed by atoms with Crippen LogP contribution < -0.4 is 5.32 Å². The van der Waals surface area contributed by atoms with Gasteiger partial charge in [0.1, 0.15) is 5.82 Å². The lowest BCUT2D eigenvalue weighted by Gasteiger charge is -2.04. The lowest BCUT2D eigenvalue weighted by molar-refractivity contribution is -0.122. The number of hydrogen-bond donors (Lipinski definition) is 1. The van der Waals surface area contributed by atoms with Crippen LogP contribution in [-0.2, 0) is 11.2 Å². The summed E-state index contributed by atoms with van der Waals surface area (Å²) in [5, 5.41) is 2.85. The summed E-state index contributed by atoms with van der Waals surface area (Å²) < 4.78 is 12.8. The number of rotatable bonds is 4. The average molecular weight is 207 g/mol. The van der Waals surface area contributed by atoms with E-state index in [0.29, 0.717) is 13.0 Å². The van der Waals surface area contributed by atoms with Gasteiger partial charge in [-0.2, -0.15) is 0 Å². The fraction of sp³-hybridized carbons (Fsp3) is 0.417. The van der Waals surface area contributed by atoms with Crippen LogP contribution in [0.3, 0.4) is 0 Å². The van der Waals surface area contributed by atoms with E-state index in [0.717, 1.165) is 18.4 Å². The van der Waals surface area contributed by atoms with E-state index in [1.807, 2.05) is 6.07 Å². The van der Waals surface area contributed by atoms with Crippen LogP contribution in [0.4, 0.5) is 4.39 Å². The molecule has 0 aromatic heterocycles. The van der Waals surface area contributed by atoms with Gasteiger partial charge in [-0.05, 0) is 37.0 Å². The molecule has 0 unspecified atom stereocenters. The van der Waals surface area contributed by atoms with Crippen molar-refractivity contribution in [3.63, 3.8) is 0 Å². The van der Waals surface area contributed by atoms with Crippen molar-refractivity contribution >= 4 is 5.91 Å². The van der Waals surface area contributed by atoms with Gasteiger partial charge in [0.2, 0.25) is 5.91 Å². The Hall–Kier alpha value is -1.38. The Morgan fingerprint density at radius 3 is 2.93 bits per heavy atom. The Bertz CT molecular complexity index is 360. The van der Waals surface area contributed by atoms with Gasteiger partial charge in [0.25, 0.3) is 0 Å². The summed E-state index contributed by atoms with van der Waals surface area (Å²) in [4.78, 5) is 11.3. The fourth-order valence-corrected chi connectivity index (χ4v) is 1.51. The highest BCUT2D eigenvalue weighted by molar-refractivity contribution is 5.80. The quantitative estimate of drug-likeness (QED) is 0.802. The highest BCUT2D eigenvalue weighted by Crippen LogP contribution is 2.28.